The molecule has 1 rings (SSSR count). The zero-order valence-corrected chi connectivity index (χ0v) is 12.0. The van der Waals surface area contributed by atoms with Crippen LogP contribution in [0.15, 0.2) is 24.4 Å². The summed E-state index contributed by atoms with van der Waals surface area (Å²) < 4.78 is 0. The Morgan fingerprint density at radius 3 is 1.88 bits per heavy atom. The molecule has 0 spiro atoms. The van der Waals surface area contributed by atoms with Gasteiger partial charge in [-0.15, -0.1) is 0 Å². The van der Waals surface area contributed by atoms with Gasteiger partial charge >= 0.3 is 21.7 Å². The number of rotatable bonds is 3. The first kappa shape index (κ1) is 29.9. The standard InChI is InChI=1S/C10H13N.2ClH.2H2O.Ti/c1-3-9(4-2)10-7-5-6-8-11-10;;;;;/h5-9H,1-4H2;2*1H;2*1H2;/q-2;;;;;+4/p-2. The maximum Gasteiger partial charge on any atom is 4.00 e. The Hall–Kier alpha value is 0.364. The van der Waals surface area contributed by atoms with Crippen LogP contribution in [-0.2, 0) is 21.7 Å². The first-order chi connectivity index (χ1) is 5.38. The van der Waals surface area contributed by atoms with E-state index in [0.717, 1.165) is 18.5 Å². The summed E-state index contributed by atoms with van der Waals surface area (Å²) in [5, 5.41) is 0. The summed E-state index contributed by atoms with van der Waals surface area (Å²) in [4.78, 5) is 4.24. The molecule has 1 heterocycles. The minimum Gasteiger partial charge on any atom is -1.00 e. The van der Waals surface area contributed by atoms with Crippen LogP contribution in [0.4, 0.5) is 0 Å². The summed E-state index contributed by atoms with van der Waals surface area (Å²) in [5.41, 5.74) is 1.11. The Labute approximate surface area is 125 Å². The summed E-state index contributed by atoms with van der Waals surface area (Å²) in [6.45, 7) is 7.71. The molecule has 4 N–H and O–H groups in total. The molecule has 0 unspecified atom stereocenters. The van der Waals surface area contributed by atoms with Crippen LogP contribution in [0.25, 0.3) is 0 Å². The van der Waals surface area contributed by atoms with Crippen LogP contribution in [0, 0.1) is 13.8 Å². The van der Waals surface area contributed by atoms with Crippen molar-refractivity contribution in [3.05, 3.63) is 43.9 Å². The molecule has 92 valence electrons. The van der Waals surface area contributed by atoms with Crippen molar-refractivity contribution in [1.82, 2.24) is 4.98 Å². The van der Waals surface area contributed by atoms with E-state index in [-0.39, 0.29) is 57.5 Å². The van der Waals surface area contributed by atoms with Gasteiger partial charge < -0.3 is 49.6 Å². The van der Waals surface area contributed by atoms with Crippen molar-refractivity contribution in [2.24, 2.45) is 0 Å². The van der Waals surface area contributed by atoms with Crippen LogP contribution < -0.4 is 24.8 Å². The van der Waals surface area contributed by atoms with Crippen LogP contribution in [0.1, 0.15) is 24.5 Å². The Morgan fingerprint density at radius 1 is 1.06 bits per heavy atom. The van der Waals surface area contributed by atoms with E-state index >= 15 is 0 Å². The van der Waals surface area contributed by atoms with Crippen LogP contribution in [0.2, 0.25) is 0 Å². The van der Waals surface area contributed by atoms with Gasteiger partial charge in [-0.25, -0.2) is 0 Å². The second kappa shape index (κ2) is 17.7. The fraction of sp³-hybridized carbons (Fsp3) is 0.300. The Balaban J connectivity index is -0.0000000807. The topological polar surface area (TPSA) is 75.9 Å². The molecule has 0 saturated carbocycles. The molecule has 16 heavy (non-hydrogen) atoms. The smallest absolute Gasteiger partial charge is 1.00 e. The molecule has 1 aromatic rings. The normalized spacial score (nSPS) is 7.19. The summed E-state index contributed by atoms with van der Waals surface area (Å²) in [6, 6.07) is 5.95. The molecule has 3 nitrogen and oxygen atoms in total. The van der Waals surface area contributed by atoms with Crippen molar-refractivity contribution in [2.75, 3.05) is 0 Å². The number of pyridine rings is 1. The third-order valence-electron chi connectivity index (χ3n) is 1.80. The fourth-order valence-electron chi connectivity index (χ4n) is 1.06. The van der Waals surface area contributed by atoms with Crippen molar-refractivity contribution in [1.29, 1.82) is 0 Å². The monoisotopic (exact) mass is 301 g/mol. The third-order valence-corrected chi connectivity index (χ3v) is 1.80. The van der Waals surface area contributed by atoms with Crippen molar-refractivity contribution < 1.29 is 57.5 Å². The number of nitrogens with zero attached hydrogens (tertiary/aromatic N) is 1. The summed E-state index contributed by atoms with van der Waals surface area (Å²) in [5.74, 6) is 0.427. The molecule has 0 aromatic carbocycles. The van der Waals surface area contributed by atoms with Gasteiger partial charge in [0.2, 0.25) is 0 Å². The van der Waals surface area contributed by atoms with Crippen LogP contribution in [-0.4, -0.2) is 15.9 Å². The van der Waals surface area contributed by atoms with E-state index in [4.69, 9.17) is 0 Å². The van der Waals surface area contributed by atoms with E-state index in [2.05, 4.69) is 18.8 Å². The maximum atomic E-state index is 4.24. The van der Waals surface area contributed by atoms with Gasteiger partial charge in [0.05, 0.1) is 0 Å². The quantitative estimate of drug-likeness (QED) is 0.407. The van der Waals surface area contributed by atoms with Crippen LogP contribution >= 0.6 is 0 Å². The molecule has 1 aromatic heterocycles. The molecule has 0 fully saturated rings. The van der Waals surface area contributed by atoms with E-state index in [0.29, 0.717) is 5.92 Å². The van der Waals surface area contributed by atoms with Gasteiger partial charge in [-0.2, -0.15) is 12.8 Å². The van der Waals surface area contributed by atoms with Crippen LogP contribution in [0.5, 0.6) is 0 Å². The van der Waals surface area contributed by atoms with Crippen molar-refractivity contribution in [3.63, 3.8) is 0 Å². The van der Waals surface area contributed by atoms with Gasteiger partial charge in [-0.1, -0.05) is 12.0 Å². The Morgan fingerprint density at radius 2 is 1.56 bits per heavy atom. The van der Waals surface area contributed by atoms with Crippen molar-refractivity contribution >= 4 is 0 Å². The molecular weight excluding hydrogens is 285 g/mol. The first-order valence-corrected chi connectivity index (χ1v) is 3.88. The van der Waals surface area contributed by atoms with Gasteiger partial charge in [0.25, 0.3) is 0 Å². The zero-order chi connectivity index (χ0) is 8.10. The van der Waals surface area contributed by atoms with Gasteiger partial charge in [0.1, 0.15) is 0 Å². The number of hydrogen-bond donors (Lipinski definition) is 0. The molecular formula is C10H17Cl2NO2Ti. The van der Waals surface area contributed by atoms with Gasteiger partial charge in [0, 0.05) is 11.9 Å². The predicted molar refractivity (Wildman–Crippen MR) is 54.2 cm³/mol. The predicted octanol–water partition coefficient (Wildman–Crippen LogP) is -5.03. The van der Waals surface area contributed by atoms with Crippen LogP contribution in [0.3, 0.4) is 0 Å². The molecule has 0 aliphatic heterocycles. The van der Waals surface area contributed by atoms with Gasteiger partial charge in [-0.05, 0) is 12.1 Å². The number of aromatic nitrogens is 1. The van der Waals surface area contributed by atoms with E-state index in [1.807, 2.05) is 24.4 Å². The first-order valence-electron chi connectivity index (χ1n) is 3.88. The maximum absolute atomic E-state index is 4.24. The second-order valence-electron chi connectivity index (χ2n) is 2.53. The summed E-state index contributed by atoms with van der Waals surface area (Å²) in [7, 11) is 0. The molecule has 0 amide bonds. The molecule has 0 bridgehead atoms. The zero-order valence-electron chi connectivity index (χ0n) is 8.92. The van der Waals surface area contributed by atoms with Crippen molar-refractivity contribution in [3.8, 4) is 0 Å². The Bertz CT molecular complexity index is 211. The van der Waals surface area contributed by atoms with E-state index in [1.54, 1.807) is 0 Å². The van der Waals surface area contributed by atoms with Gasteiger partial charge in [0.15, 0.2) is 0 Å². The second-order valence-corrected chi connectivity index (χ2v) is 2.53. The third kappa shape index (κ3) is 9.58. The minimum atomic E-state index is 0. The molecule has 6 heteroatoms. The molecule has 0 radical (unpaired) electrons. The molecule has 0 aliphatic carbocycles. The molecule has 0 aliphatic rings. The average Bonchev–Trinajstić information content (AvgIpc) is 2.09. The fourth-order valence-corrected chi connectivity index (χ4v) is 1.06. The largest absolute Gasteiger partial charge is 4.00 e. The van der Waals surface area contributed by atoms with E-state index < -0.39 is 0 Å². The number of hydrogen-bond acceptors (Lipinski definition) is 1. The molecule has 0 saturated heterocycles. The number of halogens is 2. The van der Waals surface area contributed by atoms with E-state index in [9.17, 15) is 0 Å². The summed E-state index contributed by atoms with van der Waals surface area (Å²) in [6.07, 6.45) is 3.56. The SMILES string of the molecule is O.O.[CH2-]CC(C[CH2-])c1ccccn1.[Cl-].[Cl-].[Ti+4]. The van der Waals surface area contributed by atoms with E-state index in [1.165, 1.54) is 0 Å². The molecule has 0 atom stereocenters. The average molecular weight is 302 g/mol. The Kier molecular flexibility index (Phi) is 33.2. The van der Waals surface area contributed by atoms with Gasteiger partial charge in [-0.3, -0.25) is 4.98 Å². The van der Waals surface area contributed by atoms with Crippen molar-refractivity contribution in [2.45, 2.75) is 18.8 Å². The minimum absolute atomic E-state index is 0. The summed E-state index contributed by atoms with van der Waals surface area (Å²) >= 11 is 0.